The summed E-state index contributed by atoms with van der Waals surface area (Å²) >= 11 is 5.79. The van der Waals surface area contributed by atoms with Gasteiger partial charge in [-0.05, 0) is 12.1 Å². The van der Waals surface area contributed by atoms with E-state index in [-0.39, 0.29) is 17.1 Å². The fourth-order valence-corrected chi connectivity index (χ4v) is 1.81. The van der Waals surface area contributed by atoms with Crippen molar-refractivity contribution in [1.82, 2.24) is 20.3 Å². The van der Waals surface area contributed by atoms with E-state index < -0.39 is 17.9 Å². The fraction of sp³-hybridized carbons (Fsp3) is 0.167. The minimum absolute atomic E-state index is 0.0238. The number of carboxylic acid groups (broad SMARTS) is 1. The number of H-pyrrole nitrogens is 1. The molecule has 2 heterocycles. The molecular weight excluding hydrogens is 284 g/mol. The van der Waals surface area contributed by atoms with Crippen molar-refractivity contribution in [2.24, 2.45) is 0 Å². The van der Waals surface area contributed by atoms with E-state index in [1.165, 1.54) is 24.8 Å². The molecule has 1 amide bonds. The number of rotatable bonds is 5. The number of nitrogens with zero attached hydrogens (tertiary/aromatic N) is 2. The van der Waals surface area contributed by atoms with E-state index in [9.17, 15) is 9.59 Å². The molecule has 2 rings (SSSR count). The van der Waals surface area contributed by atoms with Crippen molar-refractivity contribution in [3.05, 3.63) is 47.3 Å². The predicted molar refractivity (Wildman–Crippen MR) is 70.4 cm³/mol. The van der Waals surface area contributed by atoms with Gasteiger partial charge in [-0.3, -0.25) is 4.79 Å². The second-order valence-corrected chi connectivity index (χ2v) is 4.35. The summed E-state index contributed by atoms with van der Waals surface area (Å²) in [5.74, 6) is -1.73. The van der Waals surface area contributed by atoms with Crippen molar-refractivity contribution >= 4 is 23.5 Å². The van der Waals surface area contributed by atoms with Crippen LogP contribution in [0.3, 0.4) is 0 Å². The zero-order valence-electron chi connectivity index (χ0n) is 10.2. The first-order valence-corrected chi connectivity index (χ1v) is 6.07. The third kappa shape index (κ3) is 3.33. The molecule has 0 saturated heterocycles. The van der Waals surface area contributed by atoms with Crippen molar-refractivity contribution in [3.63, 3.8) is 0 Å². The molecule has 0 bridgehead atoms. The molecule has 8 heteroatoms. The molecule has 0 unspecified atom stereocenters. The third-order valence-electron chi connectivity index (χ3n) is 2.59. The highest BCUT2D eigenvalue weighted by atomic mass is 35.5. The Bertz CT molecular complexity index is 615. The average molecular weight is 295 g/mol. The van der Waals surface area contributed by atoms with Crippen LogP contribution in [0.25, 0.3) is 0 Å². The van der Waals surface area contributed by atoms with Crippen LogP contribution in [0.4, 0.5) is 0 Å². The van der Waals surface area contributed by atoms with Crippen LogP contribution in [0, 0.1) is 0 Å². The van der Waals surface area contributed by atoms with E-state index in [0.29, 0.717) is 5.69 Å². The van der Waals surface area contributed by atoms with E-state index >= 15 is 0 Å². The van der Waals surface area contributed by atoms with Crippen LogP contribution in [-0.4, -0.2) is 38.0 Å². The van der Waals surface area contributed by atoms with Gasteiger partial charge in [0.25, 0.3) is 5.91 Å². The van der Waals surface area contributed by atoms with Crippen LogP contribution in [0.1, 0.15) is 16.1 Å². The number of aliphatic carboxylic acids is 1. The first-order chi connectivity index (χ1) is 9.58. The van der Waals surface area contributed by atoms with Gasteiger partial charge >= 0.3 is 5.97 Å². The molecular formula is C12H11ClN4O3. The number of pyridine rings is 1. The van der Waals surface area contributed by atoms with Gasteiger partial charge in [0.1, 0.15) is 11.2 Å². The van der Waals surface area contributed by atoms with Crippen molar-refractivity contribution in [2.45, 2.75) is 12.5 Å². The molecule has 0 aliphatic carbocycles. The van der Waals surface area contributed by atoms with Gasteiger partial charge in [0, 0.05) is 24.5 Å². The predicted octanol–water partition coefficient (Wildman–Crippen LogP) is 0.884. The smallest absolute Gasteiger partial charge is 0.326 e. The Morgan fingerprint density at radius 1 is 1.50 bits per heavy atom. The van der Waals surface area contributed by atoms with Crippen LogP contribution < -0.4 is 5.32 Å². The lowest BCUT2D eigenvalue weighted by molar-refractivity contribution is -0.139. The molecule has 2 aromatic heterocycles. The van der Waals surface area contributed by atoms with E-state index in [4.69, 9.17) is 16.7 Å². The number of aromatic amines is 1. The van der Waals surface area contributed by atoms with Gasteiger partial charge in [-0.15, -0.1) is 0 Å². The van der Waals surface area contributed by atoms with Gasteiger partial charge in [-0.1, -0.05) is 11.6 Å². The summed E-state index contributed by atoms with van der Waals surface area (Å²) in [6.45, 7) is 0. The first kappa shape index (κ1) is 14.0. The van der Waals surface area contributed by atoms with Crippen molar-refractivity contribution in [1.29, 1.82) is 0 Å². The maximum atomic E-state index is 12.0. The largest absolute Gasteiger partial charge is 0.480 e. The molecule has 0 aliphatic rings. The Balaban J connectivity index is 2.10. The van der Waals surface area contributed by atoms with Crippen molar-refractivity contribution in [3.8, 4) is 0 Å². The van der Waals surface area contributed by atoms with E-state index in [1.54, 1.807) is 6.07 Å². The standard InChI is InChI=1S/C12H11ClN4O3/c13-10-8(2-1-3-15-10)11(18)17-9(12(19)20)4-7-5-14-6-16-7/h1-3,5-6,9H,4H2,(H,14,16)(H,17,18)(H,19,20)/t9-/m0/s1. The number of carbonyl (C=O) groups is 2. The number of carboxylic acids is 1. The highest BCUT2D eigenvalue weighted by Crippen LogP contribution is 2.11. The van der Waals surface area contributed by atoms with E-state index in [0.717, 1.165) is 0 Å². The van der Waals surface area contributed by atoms with Crippen LogP contribution in [-0.2, 0) is 11.2 Å². The zero-order chi connectivity index (χ0) is 14.5. The number of aromatic nitrogens is 3. The van der Waals surface area contributed by atoms with Crippen LogP contribution in [0.2, 0.25) is 5.15 Å². The fourth-order valence-electron chi connectivity index (χ4n) is 1.61. The molecule has 0 radical (unpaired) electrons. The first-order valence-electron chi connectivity index (χ1n) is 5.69. The number of hydrogen-bond donors (Lipinski definition) is 3. The molecule has 20 heavy (non-hydrogen) atoms. The van der Waals surface area contributed by atoms with E-state index in [2.05, 4.69) is 20.3 Å². The molecule has 0 aliphatic heterocycles. The third-order valence-corrected chi connectivity index (χ3v) is 2.89. The average Bonchev–Trinajstić information content (AvgIpc) is 2.91. The Morgan fingerprint density at radius 3 is 2.90 bits per heavy atom. The second kappa shape index (κ2) is 6.16. The number of nitrogens with one attached hydrogen (secondary N) is 2. The molecule has 0 spiro atoms. The molecule has 0 saturated carbocycles. The van der Waals surface area contributed by atoms with Crippen LogP contribution in [0.15, 0.2) is 30.9 Å². The topological polar surface area (TPSA) is 108 Å². The number of imidazole rings is 1. The molecule has 7 nitrogen and oxygen atoms in total. The summed E-state index contributed by atoms with van der Waals surface area (Å²) < 4.78 is 0. The summed E-state index contributed by atoms with van der Waals surface area (Å²) in [6, 6.07) is 1.94. The van der Waals surface area contributed by atoms with Gasteiger partial charge in [0.05, 0.1) is 11.9 Å². The summed E-state index contributed by atoms with van der Waals surface area (Å²) in [6.07, 6.45) is 4.48. The number of carbonyl (C=O) groups excluding carboxylic acids is 1. The lowest BCUT2D eigenvalue weighted by Gasteiger charge is -2.13. The SMILES string of the molecule is O=C(N[C@@H](Cc1cnc[nH]1)C(=O)O)c1cccnc1Cl. The van der Waals surface area contributed by atoms with Gasteiger partial charge in [-0.25, -0.2) is 14.8 Å². The molecule has 2 aromatic rings. The molecule has 3 N–H and O–H groups in total. The second-order valence-electron chi connectivity index (χ2n) is 3.99. The van der Waals surface area contributed by atoms with E-state index in [1.807, 2.05) is 0 Å². The lowest BCUT2D eigenvalue weighted by Crippen LogP contribution is -2.42. The Kier molecular flexibility index (Phi) is 4.31. The van der Waals surface area contributed by atoms with Gasteiger partial charge in [0.2, 0.25) is 0 Å². The van der Waals surface area contributed by atoms with Crippen molar-refractivity contribution in [2.75, 3.05) is 0 Å². The molecule has 104 valence electrons. The Labute approximate surface area is 119 Å². The Hall–Kier alpha value is -2.41. The quantitative estimate of drug-likeness (QED) is 0.710. The molecule has 0 fully saturated rings. The molecule has 0 aromatic carbocycles. The normalized spacial score (nSPS) is 11.8. The monoisotopic (exact) mass is 294 g/mol. The summed E-state index contributed by atoms with van der Waals surface area (Å²) in [7, 11) is 0. The minimum atomic E-state index is -1.15. The number of halogens is 1. The maximum absolute atomic E-state index is 12.0. The minimum Gasteiger partial charge on any atom is -0.480 e. The zero-order valence-corrected chi connectivity index (χ0v) is 11.0. The maximum Gasteiger partial charge on any atom is 0.326 e. The van der Waals surface area contributed by atoms with Gasteiger partial charge < -0.3 is 15.4 Å². The summed E-state index contributed by atoms with van der Waals surface area (Å²) in [5, 5.41) is 11.6. The van der Waals surface area contributed by atoms with Crippen molar-refractivity contribution < 1.29 is 14.7 Å². The Morgan fingerprint density at radius 2 is 2.30 bits per heavy atom. The van der Waals surface area contributed by atoms with Crippen LogP contribution in [0.5, 0.6) is 0 Å². The summed E-state index contributed by atoms with van der Waals surface area (Å²) in [5.41, 5.74) is 0.736. The lowest BCUT2D eigenvalue weighted by atomic mass is 10.1. The summed E-state index contributed by atoms with van der Waals surface area (Å²) in [4.78, 5) is 33.5. The highest BCUT2D eigenvalue weighted by molar-refractivity contribution is 6.32. The highest BCUT2D eigenvalue weighted by Gasteiger charge is 2.22. The van der Waals surface area contributed by atoms with Gasteiger partial charge in [0.15, 0.2) is 0 Å². The van der Waals surface area contributed by atoms with Crippen LogP contribution >= 0.6 is 11.6 Å². The van der Waals surface area contributed by atoms with Gasteiger partial charge in [-0.2, -0.15) is 0 Å². The molecule has 1 atom stereocenters. The number of hydrogen-bond acceptors (Lipinski definition) is 4. The number of amides is 1.